The molecule has 0 radical (unpaired) electrons. The summed E-state index contributed by atoms with van der Waals surface area (Å²) in [6.07, 6.45) is 1.22. The van der Waals surface area contributed by atoms with Gasteiger partial charge in [0.05, 0.1) is 13.2 Å². The van der Waals surface area contributed by atoms with Crippen molar-refractivity contribution in [3.05, 3.63) is 0 Å². The molecule has 2 aliphatic rings. The van der Waals surface area contributed by atoms with Gasteiger partial charge in [0.2, 0.25) is 0 Å². The molecule has 0 unspecified atom stereocenters. The molecule has 0 saturated carbocycles. The Morgan fingerprint density at radius 1 is 1.40 bits per heavy atom. The SMILES string of the molecule is C1CN=C(NCCN2CCOCC2)SC1. The molecular weight excluding hydrogens is 210 g/mol. The maximum Gasteiger partial charge on any atom is 0.156 e. The van der Waals surface area contributed by atoms with E-state index in [0.29, 0.717) is 0 Å². The van der Waals surface area contributed by atoms with E-state index in [-0.39, 0.29) is 0 Å². The summed E-state index contributed by atoms with van der Waals surface area (Å²) in [4.78, 5) is 6.87. The Morgan fingerprint density at radius 3 is 3.00 bits per heavy atom. The second-order valence-electron chi connectivity index (χ2n) is 3.77. The molecular formula is C10H19N3OS. The molecule has 0 aromatic heterocycles. The van der Waals surface area contributed by atoms with Crippen LogP contribution >= 0.6 is 11.8 Å². The number of morpholine rings is 1. The average Bonchev–Trinajstić information content (AvgIpc) is 2.32. The first kappa shape index (κ1) is 11.2. The largest absolute Gasteiger partial charge is 0.379 e. The van der Waals surface area contributed by atoms with E-state index < -0.39 is 0 Å². The summed E-state index contributed by atoms with van der Waals surface area (Å²) in [7, 11) is 0. The van der Waals surface area contributed by atoms with E-state index in [1.165, 1.54) is 12.2 Å². The molecule has 5 heteroatoms. The minimum atomic E-state index is 0.885. The summed E-state index contributed by atoms with van der Waals surface area (Å²) in [5, 5.41) is 4.53. The van der Waals surface area contributed by atoms with Gasteiger partial charge >= 0.3 is 0 Å². The smallest absolute Gasteiger partial charge is 0.156 e. The fourth-order valence-corrected chi connectivity index (χ4v) is 2.57. The van der Waals surface area contributed by atoms with E-state index in [1.807, 2.05) is 11.8 Å². The fourth-order valence-electron chi connectivity index (χ4n) is 1.71. The molecule has 2 aliphatic heterocycles. The number of hydrogen-bond acceptors (Lipinski definition) is 5. The summed E-state index contributed by atoms with van der Waals surface area (Å²) in [6.45, 7) is 7.01. The van der Waals surface area contributed by atoms with E-state index in [9.17, 15) is 0 Å². The summed E-state index contributed by atoms with van der Waals surface area (Å²) < 4.78 is 5.31. The van der Waals surface area contributed by atoms with Gasteiger partial charge < -0.3 is 10.1 Å². The second-order valence-corrected chi connectivity index (χ2v) is 4.85. The van der Waals surface area contributed by atoms with Gasteiger partial charge in [-0.25, -0.2) is 0 Å². The Bertz CT molecular complexity index is 217. The Kier molecular flexibility index (Phi) is 4.76. The summed E-state index contributed by atoms with van der Waals surface area (Å²) in [5.74, 6) is 1.21. The van der Waals surface area contributed by atoms with Crippen LogP contribution in [0.1, 0.15) is 6.42 Å². The zero-order valence-electron chi connectivity index (χ0n) is 9.07. The summed E-state index contributed by atoms with van der Waals surface area (Å²) in [6, 6.07) is 0. The molecule has 86 valence electrons. The lowest BCUT2D eigenvalue weighted by Gasteiger charge is -2.26. The Hall–Kier alpha value is -0.260. The number of rotatable bonds is 3. The van der Waals surface area contributed by atoms with Gasteiger partial charge in [-0.3, -0.25) is 9.89 Å². The number of nitrogens with one attached hydrogen (secondary N) is 1. The molecule has 0 amide bonds. The first-order valence-electron chi connectivity index (χ1n) is 5.66. The average molecular weight is 229 g/mol. The normalized spacial score (nSPS) is 23.6. The maximum atomic E-state index is 5.31. The Balaban J connectivity index is 1.59. The summed E-state index contributed by atoms with van der Waals surface area (Å²) in [5.41, 5.74) is 0. The molecule has 2 heterocycles. The van der Waals surface area contributed by atoms with Gasteiger partial charge in [-0.05, 0) is 6.42 Å². The van der Waals surface area contributed by atoms with Crippen LogP contribution in [0.5, 0.6) is 0 Å². The van der Waals surface area contributed by atoms with Crippen molar-refractivity contribution < 1.29 is 4.74 Å². The minimum Gasteiger partial charge on any atom is -0.379 e. The molecule has 0 aromatic rings. The van der Waals surface area contributed by atoms with Gasteiger partial charge in [0.25, 0.3) is 0 Å². The van der Waals surface area contributed by atoms with Crippen LogP contribution in [-0.4, -0.2) is 61.8 Å². The highest BCUT2D eigenvalue weighted by Gasteiger charge is 2.10. The molecule has 1 saturated heterocycles. The van der Waals surface area contributed by atoms with Crippen molar-refractivity contribution in [2.45, 2.75) is 6.42 Å². The zero-order valence-corrected chi connectivity index (χ0v) is 9.89. The Morgan fingerprint density at radius 2 is 2.27 bits per heavy atom. The lowest BCUT2D eigenvalue weighted by atomic mass is 10.4. The van der Waals surface area contributed by atoms with Gasteiger partial charge in [-0.2, -0.15) is 0 Å². The first-order valence-corrected chi connectivity index (χ1v) is 6.65. The van der Waals surface area contributed by atoms with Crippen LogP contribution in [0.4, 0.5) is 0 Å². The van der Waals surface area contributed by atoms with Crippen molar-refractivity contribution in [1.82, 2.24) is 10.2 Å². The number of ether oxygens (including phenoxy) is 1. The fraction of sp³-hybridized carbons (Fsp3) is 0.900. The second kappa shape index (κ2) is 6.35. The number of thioether (sulfide) groups is 1. The minimum absolute atomic E-state index is 0.885. The predicted molar refractivity (Wildman–Crippen MR) is 64.6 cm³/mol. The van der Waals surface area contributed by atoms with Gasteiger partial charge in [0, 0.05) is 38.5 Å². The topological polar surface area (TPSA) is 36.9 Å². The highest BCUT2D eigenvalue weighted by atomic mass is 32.2. The molecule has 1 N–H and O–H groups in total. The van der Waals surface area contributed by atoms with Crippen LogP contribution in [-0.2, 0) is 4.74 Å². The lowest BCUT2D eigenvalue weighted by Crippen LogP contribution is -2.41. The third-order valence-corrected chi connectivity index (χ3v) is 3.64. The third-order valence-electron chi connectivity index (χ3n) is 2.60. The Labute approximate surface area is 95.5 Å². The zero-order chi connectivity index (χ0) is 10.3. The van der Waals surface area contributed by atoms with Crippen LogP contribution in [0.2, 0.25) is 0 Å². The van der Waals surface area contributed by atoms with Gasteiger partial charge in [0.15, 0.2) is 5.17 Å². The number of hydrogen-bond donors (Lipinski definition) is 1. The maximum absolute atomic E-state index is 5.31. The van der Waals surface area contributed by atoms with Crippen molar-refractivity contribution in [3.8, 4) is 0 Å². The quantitative estimate of drug-likeness (QED) is 0.760. The van der Waals surface area contributed by atoms with Crippen LogP contribution in [0, 0.1) is 0 Å². The van der Waals surface area contributed by atoms with Crippen molar-refractivity contribution in [2.24, 2.45) is 4.99 Å². The van der Waals surface area contributed by atoms with E-state index in [1.54, 1.807) is 0 Å². The van der Waals surface area contributed by atoms with Crippen molar-refractivity contribution in [2.75, 3.05) is 51.7 Å². The molecule has 0 atom stereocenters. The molecule has 15 heavy (non-hydrogen) atoms. The van der Waals surface area contributed by atoms with Gasteiger partial charge in [-0.1, -0.05) is 11.8 Å². The molecule has 0 aromatic carbocycles. The molecule has 0 bridgehead atoms. The first-order chi connectivity index (χ1) is 7.45. The third kappa shape index (κ3) is 4.01. The van der Waals surface area contributed by atoms with Crippen LogP contribution in [0.3, 0.4) is 0 Å². The molecule has 1 fully saturated rings. The van der Waals surface area contributed by atoms with Crippen molar-refractivity contribution in [1.29, 1.82) is 0 Å². The predicted octanol–water partition coefficient (Wildman–Crippen LogP) is 0.401. The lowest BCUT2D eigenvalue weighted by molar-refractivity contribution is 0.0389. The molecule has 2 rings (SSSR count). The van der Waals surface area contributed by atoms with E-state index in [4.69, 9.17) is 4.74 Å². The molecule has 0 aliphatic carbocycles. The van der Waals surface area contributed by atoms with E-state index >= 15 is 0 Å². The summed E-state index contributed by atoms with van der Waals surface area (Å²) >= 11 is 1.85. The van der Waals surface area contributed by atoms with Crippen molar-refractivity contribution >= 4 is 16.9 Å². The van der Waals surface area contributed by atoms with Gasteiger partial charge in [0.1, 0.15) is 0 Å². The van der Waals surface area contributed by atoms with Crippen LogP contribution in [0.15, 0.2) is 4.99 Å². The van der Waals surface area contributed by atoms with Crippen LogP contribution in [0.25, 0.3) is 0 Å². The monoisotopic (exact) mass is 229 g/mol. The van der Waals surface area contributed by atoms with E-state index in [0.717, 1.165) is 51.1 Å². The number of nitrogens with zero attached hydrogens (tertiary/aromatic N) is 2. The number of amidine groups is 1. The van der Waals surface area contributed by atoms with Crippen molar-refractivity contribution in [3.63, 3.8) is 0 Å². The van der Waals surface area contributed by atoms with Crippen LogP contribution < -0.4 is 5.32 Å². The van der Waals surface area contributed by atoms with E-state index in [2.05, 4.69) is 15.2 Å². The number of aliphatic imine (C=N–C) groups is 1. The van der Waals surface area contributed by atoms with Gasteiger partial charge in [-0.15, -0.1) is 0 Å². The highest BCUT2D eigenvalue weighted by Crippen LogP contribution is 2.09. The highest BCUT2D eigenvalue weighted by molar-refractivity contribution is 8.13. The molecule has 0 spiro atoms. The standard InChI is InChI=1S/C10H19N3OS/c1-2-11-10(15-9-1)12-3-4-13-5-7-14-8-6-13/h1-9H2,(H,11,12). The molecule has 4 nitrogen and oxygen atoms in total.